The zero-order valence-corrected chi connectivity index (χ0v) is 6.12. The standard InChI is InChI=1S/Ag.Br2O/c;1-3-2. The van der Waals surface area contributed by atoms with E-state index in [9.17, 15) is 0 Å². The van der Waals surface area contributed by atoms with Crippen molar-refractivity contribution in [2.45, 2.75) is 0 Å². The molecule has 0 amide bonds. The van der Waals surface area contributed by atoms with Crippen LogP contribution in [0.2, 0.25) is 0 Å². The van der Waals surface area contributed by atoms with E-state index in [0.29, 0.717) is 0 Å². The molecule has 4 heteroatoms. The fourth-order valence-corrected chi connectivity index (χ4v) is 0. The molecule has 0 aliphatic carbocycles. The summed E-state index contributed by atoms with van der Waals surface area (Å²) in [6.45, 7) is 0. The summed E-state index contributed by atoms with van der Waals surface area (Å²) in [6, 6.07) is 0. The minimum Gasteiger partial charge on any atom is -0.230 e. The van der Waals surface area contributed by atoms with Crippen molar-refractivity contribution < 1.29 is 25.3 Å². The summed E-state index contributed by atoms with van der Waals surface area (Å²) in [7, 11) is 0. The molecule has 0 aliphatic rings. The van der Waals surface area contributed by atoms with Crippen LogP contribution in [0, 0.1) is 0 Å². The summed E-state index contributed by atoms with van der Waals surface area (Å²) >= 11 is 5.12. The fourth-order valence-electron chi connectivity index (χ4n) is 0. The first-order chi connectivity index (χ1) is 1.41. The molecule has 0 fully saturated rings. The monoisotopic (exact) mass is 281 g/mol. The first-order valence-electron chi connectivity index (χ1n) is 0.309. The van der Waals surface area contributed by atoms with Crippen LogP contribution in [0.1, 0.15) is 0 Å². The maximum atomic E-state index is 3.88. The van der Waals surface area contributed by atoms with Crippen molar-refractivity contribution in [1.82, 2.24) is 0 Å². The smallest absolute Gasteiger partial charge is 0.115 e. The van der Waals surface area contributed by atoms with Gasteiger partial charge < -0.3 is 0 Å². The second kappa shape index (κ2) is 8.82. The molecular formula is AgBr2O. The Hall–Kier alpha value is 1.66. The molecule has 0 aromatic carbocycles. The Morgan fingerprint density at radius 2 is 1.25 bits per heavy atom. The predicted molar refractivity (Wildman–Crippen MR) is 18.9 cm³/mol. The van der Waals surface area contributed by atoms with Gasteiger partial charge in [-0.15, -0.1) is 0 Å². The van der Waals surface area contributed by atoms with Gasteiger partial charge in [-0.05, 0) is 0 Å². The average Bonchev–Trinajstić information content (AvgIpc) is 0.918. The number of hydrogen-bond acceptors (Lipinski definition) is 1. The third kappa shape index (κ3) is 9.40. The molecular weight excluding hydrogens is 284 g/mol. The van der Waals surface area contributed by atoms with Crippen LogP contribution in [0.25, 0.3) is 0 Å². The molecule has 0 aromatic rings. The molecule has 1 nitrogen and oxygen atoms in total. The van der Waals surface area contributed by atoms with Gasteiger partial charge in [0.2, 0.25) is 0 Å². The number of hydrogen-bond donors (Lipinski definition) is 0. The zero-order chi connectivity index (χ0) is 2.71. The van der Waals surface area contributed by atoms with E-state index in [1.807, 2.05) is 0 Å². The minimum absolute atomic E-state index is 0. The Balaban J connectivity index is 0. The van der Waals surface area contributed by atoms with Crippen LogP contribution in [0.15, 0.2) is 0 Å². The largest absolute Gasteiger partial charge is 0.230 e. The second-order valence-electron chi connectivity index (χ2n) is 0.0583. The van der Waals surface area contributed by atoms with Gasteiger partial charge >= 0.3 is 0 Å². The van der Waals surface area contributed by atoms with Crippen molar-refractivity contribution >= 4 is 32.5 Å². The first kappa shape index (κ1) is 9.18. The normalized spacial score (nSPS) is 4.50. The van der Waals surface area contributed by atoms with Gasteiger partial charge in [0.1, 0.15) is 32.5 Å². The van der Waals surface area contributed by atoms with Crippen LogP contribution in [-0.2, 0) is 25.3 Å². The van der Waals surface area contributed by atoms with E-state index in [0.717, 1.165) is 0 Å². The van der Waals surface area contributed by atoms with Gasteiger partial charge in [-0.3, -0.25) is 0 Å². The molecule has 1 radical (unpaired) electrons. The number of halogens is 2. The van der Waals surface area contributed by atoms with Gasteiger partial charge in [0.05, 0.1) is 0 Å². The predicted octanol–water partition coefficient (Wildman–Crippen LogP) is 1.62. The second-order valence-corrected chi connectivity index (χ2v) is 1.57. The molecule has 0 heterocycles. The van der Waals surface area contributed by atoms with Crippen LogP contribution >= 0.6 is 32.5 Å². The molecule has 0 aromatic heterocycles. The molecule has 0 bridgehead atoms. The fraction of sp³-hybridized carbons (Fsp3) is 0. The summed E-state index contributed by atoms with van der Waals surface area (Å²) in [5.41, 5.74) is 0. The van der Waals surface area contributed by atoms with Crippen LogP contribution in [0.3, 0.4) is 0 Å². The quantitative estimate of drug-likeness (QED) is 0.614. The maximum Gasteiger partial charge on any atom is 0.115 e. The Bertz CT molecular complexity index is 6.00. The van der Waals surface area contributed by atoms with Crippen molar-refractivity contribution in [2.75, 3.05) is 0 Å². The van der Waals surface area contributed by atoms with Crippen molar-refractivity contribution in [3.63, 3.8) is 0 Å². The molecule has 0 saturated carbocycles. The Kier molecular flexibility index (Phi) is 20.2. The Morgan fingerprint density at radius 3 is 1.25 bits per heavy atom. The van der Waals surface area contributed by atoms with E-state index in [2.05, 4.69) is 35.4 Å². The van der Waals surface area contributed by atoms with Crippen molar-refractivity contribution in [1.29, 1.82) is 0 Å². The van der Waals surface area contributed by atoms with Gasteiger partial charge in [0, 0.05) is 22.4 Å². The van der Waals surface area contributed by atoms with Gasteiger partial charge in [-0.1, -0.05) is 0 Å². The van der Waals surface area contributed by atoms with Crippen LogP contribution in [-0.4, -0.2) is 0 Å². The first-order valence-corrected chi connectivity index (χ1v) is 1.60. The van der Waals surface area contributed by atoms with E-state index in [-0.39, 0.29) is 22.4 Å². The summed E-state index contributed by atoms with van der Waals surface area (Å²) in [5.74, 6) is 0. The summed E-state index contributed by atoms with van der Waals surface area (Å²) < 4.78 is 3.88. The molecule has 0 atom stereocenters. The van der Waals surface area contributed by atoms with Crippen molar-refractivity contribution in [3.05, 3.63) is 0 Å². The van der Waals surface area contributed by atoms with E-state index >= 15 is 0 Å². The molecule has 0 rings (SSSR count). The Morgan fingerprint density at radius 1 is 1.25 bits per heavy atom. The molecule has 0 N–H and O–H groups in total. The van der Waals surface area contributed by atoms with Crippen LogP contribution in [0.4, 0.5) is 0 Å². The van der Waals surface area contributed by atoms with Gasteiger partial charge in [-0.25, -0.2) is 2.92 Å². The summed E-state index contributed by atoms with van der Waals surface area (Å²) in [4.78, 5) is 0. The van der Waals surface area contributed by atoms with Crippen molar-refractivity contribution in [3.8, 4) is 0 Å². The topological polar surface area (TPSA) is 9.23 Å². The zero-order valence-electron chi connectivity index (χ0n) is 1.47. The third-order valence-electron chi connectivity index (χ3n) is 0. The van der Waals surface area contributed by atoms with E-state index in [1.165, 1.54) is 0 Å². The van der Waals surface area contributed by atoms with E-state index < -0.39 is 0 Å². The van der Waals surface area contributed by atoms with Crippen LogP contribution in [0.5, 0.6) is 0 Å². The average molecular weight is 284 g/mol. The SMILES string of the molecule is BrOBr.[Ag]. The third-order valence-corrected chi connectivity index (χ3v) is 0. The summed E-state index contributed by atoms with van der Waals surface area (Å²) in [5, 5.41) is 0. The maximum absolute atomic E-state index is 3.88. The van der Waals surface area contributed by atoms with Gasteiger partial charge in [-0.2, -0.15) is 0 Å². The molecule has 4 heavy (non-hydrogen) atoms. The van der Waals surface area contributed by atoms with E-state index in [4.69, 9.17) is 0 Å². The Labute approximate surface area is 57.5 Å². The molecule has 0 aliphatic heterocycles. The molecule has 0 spiro atoms. The van der Waals surface area contributed by atoms with E-state index in [1.54, 1.807) is 0 Å². The van der Waals surface area contributed by atoms with Crippen molar-refractivity contribution in [2.24, 2.45) is 0 Å². The molecule has 31 valence electrons. The van der Waals surface area contributed by atoms with Gasteiger partial charge in [0.25, 0.3) is 0 Å². The summed E-state index contributed by atoms with van der Waals surface area (Å²) in [6.07, 6.45) is 0. The number of rotatable bonds is 0. The molecule has 0 saturated heterocycles. The van der Waals surface area contributed by atoms with Gasteiger partial charge in [0.15, 0.2) is 0 Å². The minimum atomic E-state index is 0. The van der Waals surface area contributed by atoms with Crippen LogP contribution < -0.4 is 0 Å². The molecule has 0 unspecified atom stereocenters.